The maximum atomic E-state index is 9.64. The van der Waals surface area contributed by atoms with Gasteiger partial charge in [0.05, 0.1) is 5.52 Å². The number of likely N-dealkylation sites (tertiary alicyclic amines) is 1. The summed E-state index contributed by atoms with van der Waals surface area (Å²) in [7, 11) is 2.20. The van der Waals surface area contributed by atoms with E-state index in [2.05, 4.69) is 43.3 Å². The Morgan fingerprint density at radius 3 is 3.00 bits per heavy atom. The maximum absolute atomic E-state index is 9.64. The topological polar surface area (TPSA) is 37.6 Å². The lowest BCUT2D eigenvalue weighted by Crippen LogP contribution is -2.48. The van der Waals surface area contributed by atoms with E-state index in [1.54, 1.807) is 0 Å². The van der Waals surface area contributed by atoms with Crippen molar-refractivity contribution >= 4 is 10.9 Å². The first-order chi connectivity index (χ1) is 11.2. The molecule has 1 aliphatic heterocycles. The van der Waals surface area contributed by atoms with Gasteiger partial charge < -0.3 is 14.8 Å². The fourth-order valence-electron chi connectivity index (χ4n) is 4.56. The standard InChI is InChI=1S/C19H26N2O2/c1-3-7-23-21-11-14-9-18-16(8-13(12-22)10-20(18)2)15-5-4-6-17(21)19(14)15/h4-6,11,13,16,18,22H,3,7-10,12H2,1-2H3/t13-,16-,18-/m1/s1. The summed E-state index contributed by atoms with van der Waals surface area (Å²) in [6.45, 7) is 4.16. The molecule has 1 N–H and O–H groups in total. The summed E-state index contributed by atoms with van der Waals surface area (Å²) in [6.07, 6.45) is 5.37. The van der Waals surface area contributed by atoms with Gasteiger partial charge in [0, 0.05) is 36.7 Å². The van der Waals surface area contributed by atoms with Crippen LogP contribution in [0.25, 0.3) is 10.9 Å². The summed E-state index contributed by atoms with van der Waals surface area (Å²) in [6, 6.07) is 7.13. The summed E-state index contributed by atoms with van der Waals surface area (Å²) in [5, 5.41) is 11.0. The van der Waals surface area contributed by atoms with Gasteiger partial charge in [-0.1, -0.05) is 19.1 Å². The second-order valence-electron chi connectivity index (χ2n) is 7.16. The van der Waals surface area contributed by atoms with Gasteiger partial charge in [0.1, 0.15) is 6.61 Å². The van der Waals surface area contributed by atoms with Crippen molar-refractivity contribution in [3.05, 3.63) is 35.5 Å². The molecule has 1 aliphatic carbocycles. The van der Waals surface area contributed by atoms with Gasteiger partial charge in [-0.25, -0.2) is 0 Å². The highest BCUT2D eigenvalue weighted by Gasteiger charge is 2.39. The maximum Gasteiger partial charge on any atom is 0.114 e. The molecular formula is C19H26N2O2. The first-order valence-electron chi connectivity index (χ1n) is 8.80. The Bertz CT molecular complexity index is 709. The molecule has 2 aromatic rings. The molecule has 4 nitrogen and oxygen atoms in total. The molecule has 0 unspecified atom stereocenters. The number of hydrogen-bond acceptors (Lipinski definition) is 3. The van der Waals surface area contributed by atoms with Crippen LogP contribution in [-0.2, 0) is 6.42 Å². The highest BCUT2D eigenvalue weighted by atomic mass is 16.7. The van der Waals surface area contributed by atoms with Crippen molar-refractivity contribution in [3.63, 3.8) is 0 Å². The largest absolute Gasteiger partial charge is 0.414 e. The lowest BCUT2D eigenvalue weighted by atomic mass is 9.72. The third-order valence-electron chi connectivity index (χ3n) is 5.59. The second kappa shape index (κ2) is 5.84. The van der Waals surface area contributed by atoms with Crippen molar-refractivity contribution in [2.75, 3.05) is 26.8 Å². The molecule has 4 heteroatoms. The molecular weight excluding hydrogens is 288 g/mol. The van der Waals surface area contributed by atoms with Crippen molar-refractivity contribution in [1.82, 2.24) is 9.63 Å². The molecule has 0 radical (unpaired) electrons. The van der Waals surface area contributed by atoms with Crippen LogP contribution in [0.4, 0.5) is 0 Å². The van der Waals surface area contributed by atoms with Crippen molar-refractivity contribution in [2.24, 2.45) is 5.92 Å². The third-order valence-corrected chi connectivity index (χ3v) is 5.59. The number of fused-ring (bicyclic) bond motifs is 2. The Hall–Kier alpha value is -1.52. The summed E-state index contributed by atoms with van der Waals surface area (Å²) in [5.74, 6) is 0.903. The number of aromatic nitrogens is 1. The molecule has 0 bridgehead atoms. The summed E-state index contributed by atoms with van der Waals surface area (Å²) in [5.41, 5.74) is 4.04. The number of hydrogen-bond donors (Lipinski definition) is 1. The zero-order valence-corrected chi connectivity index (χ0v) is 14.0. The fourth-order valence-corrected chi connectivity index (χ4v) is 4.56. The monoisotopic (exact) mass is 314 g/mol. The third kappa shape index (κ3) is 2.36. The van der Waals surface area contributed by atoms with E-state index in [9.17, 15) is 5.11 Å². The van der Waals surface area contributed by atoms with Gasteiger partial charge >= 0.3 is 0 Å². The number of nitrogens with zero attached hydrogens (tertiary/aromatic N) is 2. The van der Waals surface area contributed by atoms with Crippen LogP contribution in [-0.4, -0.2) is 47.6 Å². The molecule has 2 aliphatic rings. The highest BCUT2D eigenvalue weighted by Crippen LogP contribution is 2.44. The normalized spacial score (nSPS) is 27.2. The molecule has 0 amide bonds. The Kier molecular flexibility index (Phi) is 3.82. The molecule has 1 fully saturated rings. The first kappa shape index (κ1) is 15.0. The lowest BCUT2D eigenvalue weighted by Gasteiger charge is -2.45. The molecule has 2 heterocycles. The summed E-state index contributed by atoms with van der Waals surface area (Å²) >= 11 is 0. The minimum Gasteiger partial charge on any atom is -0.414 e. The van der Waals surface area contributed by atoms with Gasteiger partial charge in [0.25, 0.3) is 0 Å². The van der Waals surface area contributed by atoms with Crippen molar-refractivity contribution in [1.29, 1.82) is 0 Å². The Morgan fingerprint density at radius 1 is 1.35 bits per heavy atom. The van der Waals surface area contributed by atoms with Gasteiger partial charge in [-0.2, -0.15) is 4.73 Å². The van der Waals surface area contributed by atoms with Crippen LogP contribution in [0, 0.1) is 5.92 Å². The summed E-state index contributed by atoms with van der Waals surface area (Å²) in [4.78, 5) is 8.36. The zero-order chi connectivity index (χ0) is 16.0. The van der Waals surface area contributed by atoms with E-state index in [-0.39, 0.29) is 6.61 Å². The molecule has 1 aromatic heterocycles. The van der Waals surface area contributed by atoms with Crippen molar-refractivity contribution in [2.45, 2.75) is 38.1 Å². The average Bonchev–Trinajstić information content (AvgIpc) is 2.93. The van der Waals surface area contributed by atoms with Gasteiger partial charge in [-0.05, 0) is 49.4 Å². The predicted molar refractivity (Wildman–Crippen MR) is 91.7 cm³/mol. The number of piperidine rings is 1. The van der Waals surface area contributed by atoms with Crippen LogP contribution >= 0.6 is 0 Å². The highest BCUT2D eigenvalue weighted by molar-refractivity contribution is 5.88. The zero-order valence-electron chi connectivity index (χ0n) is 14.0. The smallest absolute Gasteiger partial charge is 0.114 e. The van der Waals surface area contributed by atoms with E-state index < -0.39 is 0 Å². The van der Waals surface area contributed by atoms with Crippen molar-refractivity contribution < 1.29 is 9.94 Å². The molecule has 4 rings (SSSR count). The van der Waals surface area contributed by atoms with Crippen LogP contribution in [0.1, 0.15) is 36.8 Å². The van der Waals surface area contributed by atoms with E-state index in [4.69, 9.17) is 4.84 Å². The summed E-state index contributed by atoms with van der Waals surface area (Å²) < 4.78 is 1.97. The number of likely N-dealkylation sites (N-methyl/N-ethyl adjacent to an activating group) is 1. The Morgan fingerprint density at radius 2 is 2.22 bits per heavy atom. The molecule has 0 spiro atoms. The van der Waals surface area contributed by atoms with Gasteiger partial charge in [0.15, 0.2) is 0 Å². The van der Waals surface area contributed by atoms with Crippen LogP contribution in [0.3, 0.4) is 0 Å². The predicted octanol–water partition coefficient (Wildman–Crippen LogP) is 2.43. The number of rotatable bonds is 4. The second-order valence-corrected chi connectivity index (χ2v) is 7.16. The van der Waals surface area contributed by atoms with E-state index in [1.807, 2.05) is 4.73 Å². The van der Waals surface area contributed by atoms with E-state index in [0.29, 0.717) is 17.9 Å². The number of benzene rings is 1. The quantitative estimate of drug-likeness (QED) is 0.942. The minimum atomic E-state index is 0.289. The average molecular weight is 314 g/mol. The van der Waals surface area contributed by atoms with Crippen LogP contribution < -0.4 is 4.84 Å². The van der Waals surface area contributed by atoms with Crippen LogP contribution in [0.15, 0.2) is 24.4 Å². The van der Waals surface area contributed by atoms with Crippen molar-refractivity contribution in [3.8, 4) is 0 Å². The van der Waals surface area contributed by atoms with E-state index in [1.165, 1.54) is 22.0 Å². The number of aliphatic hydroxyl groups excluding tert-OH is 1. The van der Waals surface area contributed by atoms with Gasteiger partial charge in [-0.3, -0.25) is 0 Å². The van der Waals surface area contributed by atoms with Gasteiger partial charge in [0.2, 0.25) is 0 Å². The van der Waals surface area contributed by atoms with E-state index in [0.717, 1.165) is 32.4 Å². The Balaban J connectivity index is 1.79. The Labute approximate surface area is 137 Å². The molecule has 124 valence electrons. The lowest BCUT2D eigenvalue weighted by molar-refractivity contribution is 0.0770. The molecule has 1 aromatic carbocycles. The molecule has 1 saturated heterocycles. The number of aliphatic hydroxyl groups is 1. The van der Waals surface area contributed by atoms with Crippen LogP contribution in [0.2, 0.25) is 0 Å². The first-order valence-corrected chi connectivity index (χ1v) is 8.80. The van der Waals surface area contributed by atoms with Gasteiger partial charge in [-0.15, -0.1) is 0 Å². The minimum absolute atomic E-state index is 0.289. The fraction of sp³-hybridized carbons (Fsp3) is 0.579. The molecule has 23 heavy (non-hydrogen) atoms. The SMILES string of the molecule is CCCOn1cc2c3c(cccc31)[C@H]1C[C@@H](CO)CN(C)[C@@H]1C2. The molecule has 3 atom stereocenters. The molecule has 0 saturated carbocycles. The van der Waals surface area contributed by atoms with Crippen LogP contribution in [0.5, 0.6) is 0 Å². The van der Waals surface area contributed by atoms with E-state index >= 15 is 0 Å².